The number of hydrogen-bond acceptors (Lipinski definition) is 4. The summed E-state index contributed by atoms with van der Waals surface area (Å²) in [7, 11) is 0. The topological polar surface area (TPSA) is 47.6 Å². The molecule has 0 saturated heterocycles. The summed E-state index contributed by atoms with van der Waals surface area (Å²) in [5.74, 6) is 1.87. The predicted molar refractivity (Wildman–Crippen MR) is 117 cm³/mol. The molecule has 4 rings (SSSR count). The van der Waals surface area contributed by atoms with E-state index in [1.165, 1.54) is 5.56 Å². The average Bonchev–Trinajstić information content (AvgIpc) is 2.74. The van der Waals surface area contributed by atoms with Gasteiger partial charge in [0.05, 0.1) is 17.1 Å². The van der Waals surface area contributed by atoms with Crippen LogP contribution in [0.2, 0.25) is 5.02 Å². The van der Waals surface area contributed by atoms with Crippen molar-refractivity contribution in [1.29, 1.82) is 0 Å². The summed E-state index contributed by atoms with van der Waals surface area (Å²) >= 11 is 7.97. The van der Waals surface area contributed by atoms with Gasteiger partial charge in [0, 0.05) is 10.6 Å². The van der Waals surface area contributed by atoms with Gasteiger partial charge in [-0.25, -0.2) is 0 Å². The Morgan fingerprint density at radius 3 is 2.59 bits per heavy atom. The minimum Gasteiger partial charge on any atom is -0.486 e. The quantitative estimate of drug-likeness (QED) is 0.523. The zero-order chi connectivity index (χ0) is 20.1. The van der Waals surface area contributed by atoms with Crippen LogP contribution in [0.1, 0.15) is 11.1 Å². The van der Waals surface area contributed by atoms with Crippen LogP contribution in [0.25, 0.3) is 0 Å². The fraction of sp³-hybridized carbons (Fsp3) is 0.174. The van der Waals surface area contributed by atoms with Crippen LogP contribution in [0.5, 0.6) is 11.5 Å². The third-order valence-electron chi connectivity index (χ3n) is 4.42. The molecule has 0 aromatic heterocycles. The van der Waals surface area contributed by atoms with Crippen LogP contribution < -0.4 is 14.8 Å². The highest BCUT2D eigenvalue weighted by molar-refractivity contribution is 7.98. The molecule has 0 bridgehead atoms. The number of rotatable bonds is 6. The van der Waals surface area contributed by atoms with Crippen molar-refractivity contribution in [3.63, 3.8) is 0 Å². The summed E-state index contributed by atoms with van der Waals surface area (Å²) in [5.41, 5.74) is 2.83. The molecular formula is C23H20ClNO3S. The van der Waals surface area contributed by atoms with Gasteiger partial charge < -0.3 is 14.8 Å². The fourth-order valence-corrected chi connectivity index (χ4v) is 4.33. The van der Waals surface area contributed by atoms with E-state index in [1.807, 2.05) is 48.5 Å². The lowest BCUT2D eigenvalue weighted by Crippen LogP contribution is -2.17. The van der Waals surface area contributed by atoms with Gasteiger partial charge in [-0.1, -0.05) is 54.1 Å². The molecule has 0 radical (unpaired) electrons. The van der Waals surface area contributed by atoms with E-state index in [1.54, 1.807) is 17.8 Å². The summed E-state index contributed by atoms with van der Waals surface area (Å²) in [4.78, 5) is 13.7. The number of thioether (sulfide) groups is 1. The molecule has 0 spiro atoms. The van der Waals surface area contributed by atoms with Gasteiger partial charge in [0.2, 0.25) is 5.91 Å². The maximum atomic E-state index is 12.7. The third kappa shape index (κ3) is 5.05. The second-order valence-electron chi connectivity index (χ2n) is 6.60. The first-order valence-corrected chi connectivity index (χ1v) is 10.7. The van der Waals surface area contributed by atoms with Gasteiger partial charge in [-0.2, -0.15) is 0 Å². The van der Waals surface area contributed by atoms with E-state index in [4.69, 9.17) is 21.1 Å². The maximum absolute atomic E-state index is 12.7. The number of carbonyl (C=O) groups excluding carboxylic acids is 1. The normalized spacial score (nSPS) is 12.4. The molecule has 4 nitrogen and oxygen atoms in total. The zero-order valence-corrected chi connectivity index (χ0v) is 17.3. The van der Waals surface area contributed by atoms with Crippen molar-refractivity contribution < 1.29 is 14.3 Å². The van der Waals surface area contributed by atoms with E-state index in [9.17, 15) is 4.79 Å². The van der Waals surface area contributed by atoms with Crippen LogP contribution in [0.4, 0.5) is 5.69 Å². The molecule has 29 heavy (non-hydrogen) atoms. The summed E-state index contributed by atoms with van der Waals surface area (Å²) in [6.45, 7) is 0.953. The molecule has 148 valence electrons. The Kier molecular flexibility index (Phi) is 6.27. The SMILES string of the molecule is O=C(Cc1cc(Cl)c2c(c1)OCCO2)Nc1ccccc1SCc1ccccc1. The molecular weight excluding hydrogens is 406 g/mol. The molecule has 0 aliphatic carbocycles. The number of carbonyl (C=O) groups is 1. The van der Waals surface area contributed by atoms with Crippen LogP contribution in [0.3, 0.4) is 0 Å². The van der Waals surface area contributed by atoms with E-state index in [-0.39, 0.29) is 12.3 Å². The fourth-order valence-electron chi connectivity index (χ4n) is 3.08. The second-order valence-corrected chi connectivity index (χ2v) is 8.02. The number of hydrogen-bond donors (Lipinski definition) is 1. The molecule has 1 aliphatic heterocycles. The Morgan fingerprint density at radius 2 is 1.72 bits per heavy atom. The number of benzene rings is 3. The van der Waals surface area contributed by atoms with Gasteiger partial charge in [0.25, 0.3) is 0 Å². The number of para-hydroxylation sites is 1. The van der Waals surface area contributed by atoms with E-state index in [0.717, 1.165) is 21.9 Å². The molecule has 6 heteroatoms. The molecule has 3 aromatic carbocycles. The Morgan fingerprint density at radius 1 is 0.966 bits per heavy atom. The van der Waals surface area contributed by atoms with Crippen LogP contribution in [0.15, 0.2) is 71.6 Å². The molecule has 0 unspecified atom stereocenters. The van der Waals surface area contributed by atoms with Crippen LogP contribution in [-0.4, -0.2) is 19.1 Å². The summed E-state index contributed by atoms with van der Waals surface area (Å²) < 4.78 is 11.1. The van der Waals surface area contributed by atoms with E-state index >= 15 is 0 Å². The van der Waals surface area contributed by atoms with Crippen molar-refractivity contribution >= 4 is 35.0 Å². The molecule has 1 heterocycles. The standard InChI is InChI=1S/C23H20ClNO3S/c24-18-12-17(13-20-23(18)28-11-10-27-20)14-22(26)25-19-8-4-5-9-21(19)29-15-16-6-2-1-3-7-16/h1-9,12-13H,10-11,14-15H2,(H,25,26). The number of fused-ring (bicyclic) bond motifs is 1. The van der Waals surface area contributed by atoms with Gasteiger partial charge in [0.15, 0.2) is 11.5 Å². The predicted octanol–water partition coefficient (Wildman–Crippen LogP) is 5.58. The number of nitrogens with one attached hydrogen (secondary N) is 1. The largest absolute Gasteiger partial charge is 0.486 e. The molecule has 1 N–H and O–H groups in total. The first-order chi connectivity index (χ1) is 14.2. The lowest BCUT2D eigenvalue weighted by atomic mass is 10.1. The Hall–Kier alpha value is -2.63. The van der Waals surface area contributed by atoms with Gasteiger partial charge in [-0.15, -0.1) is 11.8 Å². The molecule has 1 aliphatic rings. The minimum atomic E-state index is -0.106. The van der Waals surface area contributed by atoms with E-state index < -0.39 is 0 Å². The Balaban J connectivity index is 1.43. The van der Waals surface area contributed by atoms with Crippen LogP contribution in [-0.2, 0) is 17.0 Å². The van der Waals surface area contributed by atoms with Crippen molar-refractivity contribution in [2.24, 2.45) is 0 Å². The van der Waals surface area contributed by atoms with Crippen molar-refractivity contribution in [3.05, 3.63) is 82.9 Å². The van der Waals surface area contributed by atoms with Crippen molar-refractivity contribution in [1.82, 2.24) is 0 Å². The highest BCUT2D eigenvalue weighted by atomic mass is 35.5. The lowest BCUT2D eigenvalue weighted by molar-refractivity contribution is -0.115. The number of amides is 1. The van der Waals surface area contributed by atoms with E-state index in [0.29, 0.717) is 29.7 Å². The smallest absolute Gasteiger partial charge is 0.228 e. The number of ether oxygens (including phenoxy) is 2. The number of anilines is 1. The van der Waals surface area contributed by atoms with Crippen molar-refractivity contribution in [2.75, 3.05) is 18.5 Å². The Labute approximate surface area is 179 Å². The average molecular weight is 426 g/mol. The maximum Gasteiger partial charge on any atom is 0.228 e. The third-order valence-corrected chi connectivity index (χ3v) is 5.85. The highest BCUT2D eigenvalue weighted by Gasteiger charge is 2.18. The molecule has 1 amide bonds. The molecule has 3 aromatic rings. The van der Waals surface area contributed by atoms with Crippen molar-refractivity contribution in [2.45, 2.75) is 17.1 Å². The molecule has 0 saturated carbocycles. The van der Waals surface area contributed by atoms with Gasteiger partial charge in [-0.05, 0) is 35.4 Å². The van der Waals surface area contributed by atoms with Gasteiger partial charge in [0.1, 0.15) is 13.2 Å². The lowest BCUT2D eigenvalue weighted by Gasteiger charge is -2.20. The highest BCUT2D eigenvalue weighted by Crippen LogP contribution is 2.38. The Bertz CT molecular complexity index is 1010. The summed E-state index contributed by atoms with van der Waals surface area (Å²) in [6, 6.07) is 21.7. The zero-order valence-electron chi connectivity index (χ0n) is 15.7. The first-order valence-electron chi connectivity index (χ1n) is 9.32. The van der Waals surface area contributed by atoms with Crippen molar-refractivity contribution in [3.8, 4) is 11.5 Å². The summed E-state index contributed by atoms with van der Waals surface area (Å²) in [5, 5.41) is 3.48. The molecule has 0 atom stereocenters. The summed E-state index contributed by atoms with van der Waals surface area (Å²) in [6.07, 6.45) is 0.202. The van der Waals surface area contributed by atoms with Gasteiger partial charge in [-0.3, -0.25) is 4.79 Å². The second kappa shape index (κ2) is 9.25. The molecule has 0 fully saturated rings. The number of halogens is 1. The van der Waals surface area contributed by atoms with E-state index in [2.05, 4.69) is 17.4 Å². The monoisotopic (exact) mass is 425 g/mol. The first kappa shape index (κ1) is 19.7. The minimum absolute atomic E-state index is 0.106. The van der Waals surface area contributed by atoms with Crippen LogP contribution in [0, 0.1) is 0 Å². The van der Waals surface area contributed by atoms with Crippen LogP contribution >= 0.6 is 23.4 Å². The van der Waals surface area contributed by atoms with Gasteiger partial charge >= 0.3 is 0 Å².